The summed E-state index contributed by atoms with van der Waals surface area (Å²) in [6.45, 7) is -0.689. The summed E-state index contributed by atoms with van der Waals surface area (Å²) in [6.07, 6.45) is 0. The fourth-order valence-electron chi connectivity index (χ4n) is 1.87. The summed E-state index contributed by atoms with van der Waals surface area (Å²) in [4.78, 5) is 23.9. The molecule has 0 radical (unpaired) electrons. The standard InChI is InChI=1S/C15H13ClN2O5S/c16-11-6-8-13(9-7-11)24(22,23)17-15(21)18(10-14(19)20)12-4-2-1-3-5-12/h1-9H,10H2,(H,17,21)(H,19,20). The van der Waals surface area contributed by atoms with Gasteiger partial charge in [0, 0.05) is 10.7 Å². The van der Waals surface area contributed by atoms with Gasteiger partial charge < -0.3 is 5.11 Å². The number of nitrogens with zero attached hydrogens (tertiary/aromatic N) is 1. The van der Waals surface area contributed by atoms with Crippen LogP contribution in [0, 0.1) is 0 Å². The van der Waals surface area contributed by atoms with Crippen LogP contribution in [0.15, 0.2) is 59.5 Å². The first-order chi connectivity index (χ1) is 11.3. The average molecular weight is 369 g/mol. The lowest BCUT2D eigenvalue weighted by atomic mass is 10.3. The lowest BCUT2D eigenvalue weighted by Gasteiger charge is -2.21. The van der Waals surface area contributed by atoms with Crippen LogP contribution >= 0.6 is 11.6 Å². The van der Waals surface area contributed by atoms with E-state index in [0.29, 0.717) is 5.02 Å². The summed E-state index contributed by atoms with van der Waals surface area (Å²) < 4.78 is 26.3. The number of anilines is 1. The van der Waals surface area contributed by atoms with Gasteiger partial charge in [0.2, 0.25) is 0 Å². The highest BCUT2D eigenvalue weighted by Crippen LogP contribution is 2.16. The summed E-state index contributed by atoms with van der Waals surface area (Å²) in [6, 6.07) is 12.0. The molecule has 0 fully saturated rings. The molecule has 24 heavy (non-hydrogen) atoms. The molecule has 2 N–H and O–H groups in total. The molecule has 2 amide bonds. The first kappa shape index (κ1) is 17.8. The first-order valence-corrected chi connectivity index (χ1v) is 8.52. The van der Waals surface area contributed by atoms with E-state index in [1.807, 2.05) is 4.72 Å². The number of carbonyl (C=O) groups is 2. The third-order valence-electron chi connectivity index (χ3n) is 2.95. The zero-order chi connectivity index (χ0) is 17.7. The monoisotopic (exact) mass is 368 g/mol. The number of carboxylic acid groups (broad SMARTS) is 1. The molecule has 0 heterocycles. The van der Waals surface area contributed by atoms with Crippen molar-refractivity contribution >= 4 is 39.3 Å². The number of carbonyl (C=O) groups excluding carboxylic acids is 1. The number of para-hydroxylation sites is 1. The molecule has 0 saturated heterocycles. The van der Waals surface area contributed by atoms with Gasteiger partial charge in [-0.05, 0) is 36.4 Å². The van der Waals surface area contributed by atoms with Crippen molar-refractivity contribution in [2.75, 3.05) is 11.4 Å². The van der Waals surface area contributed by atoms with Crippen molar-refractivity contribution in [1.82, 2.24) is 4.72 Å². The number of hydrogen-bond acceptors (Lipinski definition) is 4. The number of sulfonamides is 1. The van der Waals surface area contributed by atoms with Crippen LogP contribution in [0.25, 0.3) is 0 Å². The number of hydrogen-bond donors (Lipinski definition) is 2. The normalized spacial score (nSPS) is 10.9. The maximum atomic E-state index is 12.3. The van der Waals surface area contributed by atoms with Crippen LogP contribution in [0.3, 0.4) is 0 Å². The number of carboxylic acids is 1. The van der Waals surface area contributed by atoms with Gasteiger partial charge in [0.1, 0.15) is 6.54 Å². The van der Waals surface area contributed by atoms with E-state index in [1.54, 1.807) is 18.2 Å². The minimum absolute atomic E-state index is 0.163. The molecule has 0 spiro atoms. The molecule has 0 bridgehead atoms. The van der Waals surface area contributed by atoms with Gasteiger partial charge in [0.15, 0.2) is 0 Å². The Balaban J connectivity index is 2.27. The molecule has 2 aromatic carbocycles. The Morgan fingerprint density at radius 2 is 1.62 bits per heavy atom. The summed E-state index contributed by atoms with van der Waals surface area (Å²) in [5.74, 6) is -1.28. The van der Waals surface area contributed by atoms with Gasteiger partial charge in [-0.25, -0.2) is 17.9 Å². The lowest BCUT2D eigenvalue weighted by Crippen LogP contribution is -2.45. The Hall–Kier alpha value is -2.58. The number of benzene rings is 2. The molecule has 2 aromatic rings. The van der Waals surface area contributed by atoms with Gasteiger partial charge in [-0.1, -0.05) is 29.8 Å². The van der Waals surface area contributed by atoms with Crippen molar-refractivity contribution in [2.45, 2.75) is 4.90 Å². The van der Waals surface area contributed by atoms with Crippen LogP contribution < -0.4 is 9.62 Å². The van der Waals surface area contributed by atoms with Gasteiger partial charge in [0.05, 0.1) is 4.90 Å². The Bertz CT molecular complexity index is 838. The van der Waals surface area contributed by atoms with Gasteiger partial charge >= 0.3 is 12.0 Å². The van der Waals surface area contributed by atoms with Crippen LogP contribution in [-0.4, -0.2) is 32.1 Å². The van der Waals surface area contributed by atoms with Crippen LogP contribution in [-0.2, 0) is 14.8 Å². The molecular weight excluding hydrogens is 356 g/mol. The molecule has 0 unspecified atom stereocenters. The summed E-state index contributed by atoms with van der Waals surface area (Å²) in [7, 11) is -4.16. The highest BCUT2D eigenvalue weighted by molar-refractivity contribution is 7.90. The molecule has 0 aliphatic rings. The number of amides is 2. The highest BCUT2D eigenvalue weighted by atomic mass is 35.5. The molecule has 7 nitrogen and oxygen atoms in total. The van der Waals surface area contributed by atoms with Crippen LogP contribution in [0.4, 0.5) is 10.5 Å². The van der Waals surface area contributed by atoms with Crippen molar-refractivity contribution < 1.29 is 23.1 Å². The summed E-state index contributed by atoms with van der Waals surface area (Å²) >= 11 is 5.70. The van der Waals surface area contributed by atoms with Crippen LogP contribution in [0.2, 0.25) is 5.02 Å². The van der Waals surface area contributed by atoms with Gasteiger partial charge in [-0.3, -0.25) is 9.69 Å². The lowest BCUT2D eigenvalue weighted by molar-refractivity contribution is -0.135. The third kappa shape index (κ3) is 4.46. The first-order valence-electron chi connectivity index (χ1n) is 6.66. The fourth-order valence-corrected chi connectivity index (χ4v) is 2.94. The van der Waals surface area contributed by atoms with Crippen molar-refractivity contribution in [1.29, 1.82) is 0 Å². The van der Waals surface area contributed by atoms with Crippen LogP contribution in [0.1, 0.15) is 0 Å². The van der Waals surface area contributed by atoms with E-state index in [0.717, 1.165) is 4.90 Å². The number of nitrogens with one attached hydrogen (secondary N) is 1. The van der Waals surface area contributed by atoms with Crippen LogP contribution in [0.5, 0.6) is 0 Å². The predicted molar refractivity (Wildman–Crippen MR) is 88.6 cm³/mol. The predicted octanol–water partition coefficient (Wildman–Crippen LogP) is 2.33. The number of urea groups is 1. The third-order valence-corrected chi connectivity index (χ3v) is 4.54. The zero-order valence-corrected chi connectivity index (χ0v) is 13.8. The second-order valence-corrected chi connectivity index (χ2v) is 6.80. The molecule has 126 valence electrons. The van der Waals surface area contributed by atoms with Crippen molar-refractivity contribution in [3.05, 3.63) is 59.6 Å². The molecule has 0 aromatic heterocycles. The van der Waals surface area contributed by atoms with E-state index >= 15 is 0 Å². The number of aliphatic carboxylic acids is 1. The molecule has 0 aliphatic carbocycles. The highest BCUT2D eigenvalue weighted by Gasteiger charge is 2.24. The second kappa shape index (κ2) is 7.33. The zero-order valence-electron chi connectivity index (χ0n) is 12.2. The molecule has 0 saturated carbocycles. The molecule has 0 aliphatic heterocycles. The Labute approximate surface area is 143 Å². The minimum atomic E-state index is -4.16. The Morgan fingerprint density at radius 1 is 1.04 bits per heavy atom. The maximum absolute atomic E-state index is 12.3. The van der Waals surface area contributed by atoms with E-state index in [1.165, 1.54) is 36.4 Å². The van der Waals surface area contributed by atoms with E-state index in [-0.39, 0.29) is 10.6 Å². The quantitative estimate of drug-likeness (QED) is 0.842. The SMILES string of the molecule is O=C(O)CN(C(=O)NS(=O)(=O)c1ccc(Cl)cc1)c1ccccc1. The fraction of sp³-hybridized carbons (Fsp3) is 0.0667. The van der Waals surface area contributed by atoms with Gasteiger partial charge in [-0.2, -0.15) is 0 Å². The van der Waals surface area contributed by atoms with Gasteiger partial charge in [-0.15, -0.1) is 0 Å². The van der Waals surface area contributed by atoms with E-state index in [4.69, 9.17) is 16.7 Å². The topological polar surface area (TPSA) is 104 Å². The van der Waals surface area contributed by atoms with E-state index in [9.17, 15) is 18.0 Å². The summed E-state index contributed by atoms with van der Waals surface area (Å²) in [5, 5.41) is 9.30. The number of halogens is 1. The second-order valence-electron chi connectivity index (χ2n) is 4.68. The minimum Gasteiger partial charge on any atom is -0.480 e. The Kier molecular flexibility index (Phi) is 5.42. The average Bonchev–Trinajstić information content (AvgIpc) is 2.53. The smallest absolute Gasteiger partial charge is 0.336 e. The van der Waals surface area contributed by atoms with Gasteiger partial charge in [0.25, 0.3) is 10.0 Å². The number of rotatable bonds is 5. The van der Waals surface area contributed by atoms with E-state index < -0.39 is 28.6 Å². The molecular formula is C15H13ClN2O5S. The molecule has 0 atom stereocenters. The molecule has 2 rings (SSSR count). The summed E-state index contributed by atoms with van der Waals surface area (Å²) in [5.41, 5.74) is 0.253. The van der Waals surface area contributed by atoms with Crippen molar-refractivity contribution in [2.24, 2.45) is 0 Å². The van der Waals surface area contributed by atoms with E-state index in [2.05, 4.69) is 0 Å². The van der Waals surface area contributed by atoms with Crippen molar-refractivity contribution in [3.63, 3.8) is 0 Å². The largest absolute Gasteiger partial charge is 0.480 e. The Morgan fingerprint density at radius 3 is 2.17 bits per heavy atom. The van der Waals surface area contributed by atoms with Crippen molar-refractivity contribution in [3.8, 4) is 0 Å². The maximum Gasteiger partial charge on any atom is 0.336 e. The molecule has 9 heteroatoms.